The average molecular weight is 501 g/mol. The summed E-state index contributed by atoms with van der Waals surface area (Å²) >= 11 is 0. The van der Waals surface area contributed by atoms with E-state index in [0.29, 0.717) is 6.42 Å². The maximum absolute atomic E-state index is 12.6. The van der Waals surface area contributed by atoms with Crippen molar-refractivity contribution in [1.29, 1.82) is 0 Å². The lowest BCUT2D eigenvalue weighted by molar-refractivity contribution is -0.122. The molecule has 1 N–H and O–H groups in total. The van der Waals surface area contributed by atoms with Gasteiger partial charge in [-0.1, -0.05) is 6.42 Å². The number of fused-ring (bicyclic) bond motifs is 4. The first-order chi connectivity index (χ1) is 17.9. The molecule has 1 aromatic carbocycles. The molecule has 1 aliphatic heterocycles. The van der Waals surface area contributed by atoms with Crippen molar-refractivity contribution in [2.45, 2.75) is 70.9 Å². The molecule has 2 aliphatic rings. The number of ketones is 1. The van der Waals surface area contributed by atoms with Crippen LogP contribution >= 0.6 is 0 Å². The number of aromatic amines is 1. The van der Waals surface area contributed by atoms with Gasteiger partial charge >= 0.3 is 6.09 Å². The van der Waals surface area contributed by atoms with Gasteiger partial charge in [-0.15, -0.1) is 0 Å². The predicted molar refractivity (Wildman–Crippen MR) is 141 cm³/mol. The average Bonchev–Trinajstić information content (AvgIpc) is 3.52. The van der Waals surface area contributed by atoms with Crippen molar-refractivity contribution >= 4 is 39.8 Å². The fourth-order valence-electron chi connectivity index (χ4n) is 6.23. The highest BCUT2D eigenvalue weighted by atomic mass is 16.5. The molecule has 1 amide bonds. The number of H-pyrrole nitrogens is 1. The molecule has 4 heterocycles. The number of anilines is 1. The number of hydrogen-bond acceptors (Lipinski definition) is 6. The fourth-order valence-corrected chi connectivity index (χ4v) is 6.23. The van der Waals surface area contributed by atoms with Crippen LogP contribution in [-0.2, 0) is 22.4 Å². The third-order valence-electron chi connectivity index (χ3n) is 8.14. The van der Waals surface area contributed by atoms with Gasteiger partial charge in [0.1, 0.15) is 17.1 Å². The van der Waals surface area contributed by atoms with E-state index >= 15 is 0 Å². The monoisotopic (exact) mass is 500 g/mol. The van der Waals surface area contributed by atoms with Crippen LogP contribution in [-0.4, -0.2) is 49.5 Å². The second-order valence-electron chi connectivity index (χ2n) is 10.4. The van der Waals surface area contributed by atoms with Crippen LogP contribution in [0.4, 0.5) is 10.5 Å². The summed E-state index contributed by atoms with van der Waals surface area (Å²) < 4.78 is 7.45. The third kappa shape index (κ3) is 4.06. The van der Waals surface area contributed by atoms with Gasteiger partial charge in [0, 0.05) is 42.4 Å². The molecule has 0 saturated heterocycles. The largest absolute Gasteiger partial charge is 0.452 e. The second-order valence-corrected chi connectivity index (χ2v) is 10.4. The standard InChI is InChI=1S/C28H32N6O3/c1-16-7-8-21-23(33(16)28(36)37-3)9-10-24-26(21)32-25(14-19-15-30-22-11-12-29-27(22)31-19)34(24)20-6-4-5-18(13-20)17(2)35/h9-12,15-16,18,20H,4-8,13-14H2,1-3H3,(H,29,31)/t16-,18+,20+/m0/s1. The van der Waals surface area contributed by atoms with Gasteiger partial charge in [-0.05, 0) is 64.2 Å². The summed E-state index contributed by atoms with van der Waals surface area (Å²) in [5, 5.41) is 0. The second kappa shape index (κ2) is 9.28. The molecular weight excluding hydrogens is 468 g/mol. The number of carbonyl (C=O) groups excluding carboxylic acids is 2. The summed E-state index contributed by atoms with van der Waals surface area (Å²) in [7, 11) is 1.42. The van der Waals surface area contributed by atoms with E-state index in [-0.39, 0.29) is 29.9 Å². The first-order valence-electron chi connectivity index (χ1n) is 13.1. The van der Waals surface area contributed by atoms with Gasteiger partial charge in [0.2, 0.25) is 0 Å². The Labute approximate surface area is 215 Å². The molecule has 1 saturated carbocycles. The van der Waals surface area contributed by atoms with Crippen molar-refractivity contribution in [3.8, 4) is 0 Å². The van der Waals surface area contributed by atoms with Gasteiger partial charge in [0.15, 0.2) is 5.65 Å². The zero-order valence-electron chi connectivity index (χ0n) is 21.5. The summed E-state index contributed by atoms with van der Waals surface area (Å²) in [6, 6.07) is 6.25. The van der Waals surface area contributed by atoms with Gasteiger partial charge in [-0.2, -0.15) is 0 Å². The highest BCUT2D eigenvalue weighted by Crippen LogP contribution is 2.41. The van der Waals surface area contributed by atoms with Crippen LogP contribution in [0.2, 0.25) is 0 Å². The van der Waals surface area contributed by atoms with Gasteiger partial charge < -0.3 is 14.3 Å². The molecule has 0 radical (unpaired) electrons. The number of carbonyl (C=O) groups is 2. The van der Waals surface area contributed by atoms with Crippen LogP contribution in [0.3, 0.4) is 0 Å². The minimum Gasteiger partial charge on any atom is -0.452 e. The van der Waals surface area contributed by atoms with Crippen molar-refractivity contribution in [2.24, 2.45) is 5.92 Å². The molecule has 0 spiro atoms. The van der Waals surface area contributed by atoms with Crippen LogP contribution in [0.25, 0.3) is 22.2 Å². The molecule has 9 nitrogen and oxygen atoms in total. The van der Waals surface area contributed by atoms with Gasteiger partial charge in [-0.25, -0.2) is 14.8 Å². The predicted octanol–water partition coefficient (Wildman–Crippen LogP) is 5.13. The zero-order chi connectivity index (χ0) is 25.7. The molecule has 192 valence electrons. The highest BCUT2D eigenvalue weighted by molar-refractivity contribution is 5.95. The first-order valence-corrected chi connectivity index (χ1v) is 13.1. The maximum atomic E-state index is 12.6. The fraction of sp³-hybridized carbons (Fsp3) is 0.464. The molecular formula is C28H32N6O3. The van der Waals surface area contributed by atoms with Crippen LogP contribution in [0.1, 0.15) is 69.1 Å². The number of benzene rings is 1. The Balaban J connectivity index is 1.49. The maximum Gasteiger partial charge on any atom is 0.414 e. The molecule has 0 unspecified atom stereocenters. The van der Waals surface area contributed by atoms with Crippen molar-refractivity contribution in [3.05, 3.63) is 47.7 Å². The van der Waals surface area contributed by atoms with Crippen LogP contribution in [0.5, 0.6) is 0 Å². The Kier molecular flexibility index (Phi) is 5.93. The van der Waals surface area contributed by atoms with Gasteiger partial charge in [0.05, 0.1) is 29.5 Å². The van der Waals surface area contributed by atoms with E-state index in [0.717, 1.165) is 83.5 Å². The summed E-state index contributed by atoms with van der Waals surface area (Å²) in [6.07, 6.45) is 9.31. The lowest BCUT2D eigenvalue weighted by Crippen LogP contribution is -2.42. The Morgan fingerprint density at radius 1 is 1.16 bits per heavy atom. The summed E-state index contributed by atoms with van der Waals surface area (Å²) in [4.78, 5) is 44.4. The lowest BCUT2D eigenvalue weighted by Gasteiger charge is -2.34. The van der Waals surface area contributed by atoms with E-state index in [1.807, 2.05) is 31.5 Å². The number of nitrogens with one attached hydrogen (secondary N) is 1. The van der Waals surface area contributed by atoms with Gasteiger partial charge in [0.25, 0.3) is 0 Å². The quantitative estimate of drug-likeness (QED) is 0.417. The summed E-state index contributed by atoms with van der Waals surface area (Å²) in [5.41, 5.74) is 6.35. The van der Waals surface area contributed by atoms with E-state index in [1.165, 1.54) is 7.11 Å². The Hall–Kier alpha value is -3.75. The van der Waals surface area contributed by atoms with Crippen LogP contribution in [0.15, 0.2) is 30.6 Å². The molecule has 37 heavy (non-hydrogen) atoms. The topological polar surface area (TPSA) is 106 Å². The zero-order valence-corrected chi connectivity index (χ0v) is 21.5. The number of methoxy groups -OCH3 is 1. The minimum atomic E-state index is -0.349. The van der Waals surface area contributed by atoms with Crippen molar-refractivity contribution in [2.75, 3.05) is 12.0 Å². The highest BCUT2D eigenvalue weighted by Gasteiger charge is 2.33. The Bertz CT molecular complexity index is 1500. The number of rotatable bonds is 4. The molecule has 1 aliphatic carbocycles. The Morgan fingerprint density at radius 3 is 2.84 bits per heavy atom. The summed E-state index contributed by atoms with van der Waals surface area (Å²) in [6.45, 7) is 3.76. The number of aromatic nitrogens is 5. The number of ether oxygens (including phenoxy) is 1. The number of Topliss-reactive ketones (excluding diaryl/α,β-unsaturated/α-hetero) is 1. The van der Waals surface area contributed by atoms with E-state index in [2.05, 4.69) is 20.6 Å². The van der Waals surface area contributed by atoms with Crippen molar-refractivity contribution < 1.29 is 14.3 Å². The summed E-state index contributed by atoms with van der Waals surface area (Å²) in [5.74, 6) is 1.26. The molecule has 6 rings (SSSR count). The number of imidazole rings is 1. The van der Waals surface area contributed by atoms with Crippen molar-refractivity contribution in [1.82, 2.24) is 24.5 Å². The van der Waals surface area contributed by atoms with E-state index < -0.39 is 0 Å². The van der Waals surface area contributed by atoms with E-state index in [9.17, 15) is 9.59 Å². The van der Waals surface area contributed by atoms with Crippen molar-refractivity contribution in [3.63, 3.8) is 0 Å². The number of hydrogen-bond donors (Lipinski definition) is 1. The van der Waals surface area contributed by atoms with Crippen LogP contribution < -0.4 is 4.90 Å². The molecule has 3 atom stereocenters. The normalized spacial score (nSPS) is 21.8. The minimum absolute atomic E-state index is 0.0522. The molecule has 9 heteroatoms. The van der Waals surface area contributed by atoms with E-state index in [1.54, 1.807) is 11.8 Å². The lowest BCUT2D eigenvalue weighted by atomic mass is 9.83. The molecule has 0 bridgehead atoms. The molecule has 1 fully saturated rings. The van der Waals surface area contributed by atoms with Gasteiger partial charge in [-0.3, -0.25) is 14.7 Å². The first kappa shape index (κ1) is 23.6. The van der Waals surface area contributed by atoms with E-state index in [4.69, 9.17) is 14.7 Å². The molecule has 4 aromatic rings. The Morgan fingerprint density at radius 2 is 2.03 bits per heavy atom. The number of nitrogens with zero attached hydrogens (tertiary/aromatic N) is 5. The molecule has 3 aromatic heterocycles. The smallest absolute Gasteiger partial charge is 0.414 e. The van der Waals surface area contributed by atoms with Crippen LogP contribution in [0, 0.1) is 5.92 Å². The third-order valence-corrected chi connectivity index (χ3v) is 8.14. The SMILES string of the molecule is COC(=O)N1c2ccc3c(nc(Cc4cnc5cc[nH]c5n4)n3[C@@H]3CCC[C@@H](C(C)=O)C3)c2CC[C@@H]1C. The number of aryl methyl sites for hydroxylation is 1. The number of amides is 1.